The van der Waals surface area contributed by atoms with E-state index in [2.05, 4.69) is 23.9 Å². The van der Waals surface area contributed by atoms with Crippen LogP contribution in [0.1, 0.15) is 45.1 Å². The first-order valence-corrected chi connectivity index (χ1v) is 7.84. The van der Waals surface area contributed by atoms with Crippen molar-refractivity contribution in [3.63, 3.8) is 0 Å². The molecule has 0 spiro atoms. The molecule has 0 bridgehead atoms. The Morgan fingerprint density at radius 2 is 1.95 bits per heavy atom. The fourth-order valence-electron chi connectivity index (χ4n) is 3.06. The molecule has 0 aromatic heterocycles. The molecule has 0 aliphatic heterocycles. The van der Waals surface area contributed by atoms with Crippen LogP contribution in [0, 0.1) is 5.92 Å². The summed E-state index contributed by atoms with van der Waals surface area (Å²) in [6.45, 7) is 1.78. The summed E-state index contributed by atoms with van der Waals surface area (Å²) < 4.78 is 28.5. The zero-order valence-electron chi connectivity index (χ0n) is 12.8. The molecule has 118 valence electrons. The first-order valence-electron chi connectivity index (χ1n) is 7.84. The molecule has 1 aliphatic carbocycles. The van der Waals surface area contributed by atoms with E-state index >= 15 is 0 Å². The number of halogens is 2. The lowest BCUT2D eigenvalue weighted by Crippen LogP contribution is -2.38. The van der Waals surface area contributed by atoms with Crippen LogP contribution >= 0.6 is 0 Å². The minimum atomic E-state index is -2.76. The number of benzene rings is 1. The molecule has 2 nitrogen and oxygen atoms in total. The largest absolute Gasteiger partial charge is 0.435 e. The molecule has 1 aromatic rings. The minimum Gasteiger partial charge on any atom is -0.435 e. The second kappa shape index (κ2) is 7.74. The van der Waals surface area contributed by atoms with Crippen molar-refractivity contribution in [2.24, 2.45) is 5.92 Å². The number of ether oxygens (including phenoxy) is 1. The van der Waals surface area contributed by atoms with Crippen molar-refractivity contribution < 1.29 is 13.5 Å². The van der Waals surface area contributed by atoms with Crippen LogP contribution in [0.3, 0.4) is 0 Å². The molecule has 0 saturated heterocycles. The van der Waals surface area contributed by atoms with Crippen molar-refractivity contribution in [1.29, 1.82) is 0 Å². The highest BCUT2D eigenvalue weighted by atomic mass is 19.3. The average Bonchev–Trinajstić information content (AvgIpc) is 2.83. The average molecular weight is 297 g/mol. The van der Waals surface area contributed by atoms with E-state index in [1.54, 1.807) is 12.1 Å². The van der Waals surface area contributed by atoms with Gasteiger partial charge in [0, 0.05) is 12.1 Å². The monoisotopic (exact) mass is 297 g/mol. The molecular formula is C17H25F2NO. The maximum atomic E-state index is 12.1. The fourth-order valence-corrected chi connectivity index (χ4v) is 3.06. The van der Waals surface area contributed by atoms with Crippen LogP contribution < -0.4 is 10.1 Å². The molecule has 3 atom stereocenters. The van der Waals surface area contributed by atoms with Crippen molar-refractivity contribution in [1.82, 2.24) is 5.32 Å². The number of hydrogen-bond acceptors (Lipinski definition) is 2. The molecule has 1 aliphatic rings. The lowest BCUT2D eigenvalue weighted by atomic mass is 10.0. The Morgan fingerprint density at radius 1 is 1.24 bits per heavy atom. The molecule has 0 radical (unpaired) electrons. The van der Waals surface area contributed by atoms with Crippen LogP contribution in [0.5, 0.6) is 5.75 Å². The van der Waals surface area contributed by atoms with Crippen LogP contribution in [0.25, 0.3) is 0 Å². The van der Waals surface area contributed by atoms with Gasteiger partial charge in [0.1, 0.15) is 5.75 Å². The van der Waals surface area contributed by atoms with E-state index in [9.17, 15) is 8.78 Å². The first kappa shape index (κ1) is 16.2. The van der Waals surface area contributed by atoms with Gasteiger partial charge >= 0.3 is 6.61 Å². The Labute approximate surface area is 125 Å². The molecule has 1 N–H and O–H groups in total. The van der Waals surface area contributed by atoms with Gasteiger partial charge in [-0.05, 0) is 56.2 Å². The SMILES string of the molecule is CC(CCc1ccc(OC(F)F)cc1)NC1CCCC1C. The van der Waals surface area contributed by atoms with E-state index in [-0.39, 0.29) is 5.75 Å². The second-order valence-corrected chi connectivity index (χ2v) is 6.14. The molecule has 0 amide bonds. The maximum absolute atomic E-state index is 12.1. The summed E-state index contributed by atoms with van der Waals surface area (Å²) in [5, 5.41) is 3.71. The van der Waals surface area contributed by atoms with Crippen molar-refractivity contribution in [2.45, 2.75) is 64.6 Å². The summed E-state index contributed by atoms with van der Waals surface area (Å²) in [6.07, 6.45) is 5.95. The molecule has 1 aromatic carbocycles. The van der Waals surface area contributed by atoms with Gasteiger partial charge in [-0.2, -0.15) is 8.78 Å². The Kier molecular flexibility index (Phi) is 5.97. The summed E-state index contributed by atoms with van der Waals surface area (Å²) in [5.74, 6) is 0.998. The predicted octanol–water partition coefficient (Wildman–Crippen LogP) is 4.39. The summed E-state index contributed by atoms with van der Waals surface area (Å²) in [7, 11) is 0. The Morgan fingerprint density at radius 3 is 2.52 bits per heavy atom. The van der Waals surface area contributed by atoms with Gasteiger partial charge in [-0.1, -0.05) is 25.5 Å². The van der Waals surface area contributed by atoms with E-state index in [0.29, 0.717) is 12.1 Å². The molecular weight excluding hydrogens is 272 g/mol. The Hall–Kier alpha value is -1.16. The molecule has 2 rings (SSSR count). The maximum Gasteiger partial charge on any atom is 0.387 e. The second-order valence-electron chi connectivity index (χ2n) is 6.14. The van der Waals surface area contributed by atoms with Gasteiger partial charge < -0.3 is 10.1 Å². The zero-order valence-corrected chi connectivity index (χ0v) is 12.8. The van der Waals surface area contributed by atoms with Crippen LogP contribution in [-0.2, 0) is 6.42 Å². The highest BCUT2D eigenvalue weighted by Gasteiger charge is 2.23. The van der Waals surface area contributed by atoms with Crippen LogP contribution in [0.4, 0.5) is 8.78 Å². The van der Waals surface area contributed by atoms with Crippen LogP contribution in [-0.4, -0.2) is 18.7 Å². The molecule has 1 saturated carbocycles. The van der Waals surface area contributed by atoms with E-state index in [1.807, 2.05) is 12.1 Å². The van der Waals surface area contributed by atoms with Gasteiger partial charge in [-0.25, -0.2) is 0 Å². The van der Waals surface area contributed by atoms with Crippen molar-refractivity contribution in [3.8, 4) is 5.75 Å². The van der Waals surface area contributed by atoms with Gasteiger partial charge in [0.15, 0.2) is 0 Å². The number of rotatable bonds is 7. The third-order valence-corrected chi connectivity index (χ3v) is 4.37. The van der Waals surface area contributed by atoms with E-state index in [0.717, 1.165) is 24.3 Å². The number of nitrogens with one attached hydrogen (secondary N) is 1. The van der Waals surface area contributed by atoms with E-state index < -0.39 is 6.61 Å². The Bertz CT molecular complexity index is 421. The van der Waals surface area contributed by atoms with Gasteiger partial charge in [0.05, 0.1) is 0 Å². The third kappa shape index (κ3) is 5.27. The van der Waals surface area contributed by atoms with Crippen molar-refractivity contribution in [2.75, 3.05) is 0 Å². The number of aryl methyl sites for hydroxylation is 1. The standard InChI is InChI=1S/C17H25F2NO/c1-12-4-3-5-16(12)20-13(2)6-7-14-8-10-15(11-9-14)21-17(18)19/h8-13,16-17,20H,3-7H2,1-2H3. The van der Waals surface area contributed by atoms with E-state index in [1.165, 1.54) is 19.3 Å². The van der Waals surface area contributed by atoms with Crippen molar-refractivity contribution >= 4 is 0 Å². The quantitative estimate of drug-likeness (QED) is 0.806. The summed E-state index contributed by atoms with van der Waals surface area (Å²) in [6, 6.07) is 8.08. The summed E-state index contributed by atoms with van der Waals surface area (Å²) >= 11 is 0. The molecule has 0 heterocycles. The molecule has 21 heavy (non-hydrogen) atoms. The topological polar surface area (TPSA) is 21.3 Å². The van der Waals surface area contributed by atoms with Gasteiger partial charge in [-0.3, -0.25) is 0 Å². The lowest BCUT2D eigenvalue weighted by Gasteiger charge is -2.22. The fraction of sp³-hybridized carbons (Fsp3) is 0.647. The lowest BCUT2D eigenvalue weighted by molar-refractivity contribution is -0.0498. The normalized spacial score (nSPS) is 23.5. The number of alkyl halides is 2. The third-order valence-electron chi connectivity index (χ3n) is 4.37. The Balaban J connectivity index is 1.74. The number of hydrogen-bond donors (Lipinski definition) is 1. The highest BCUT2D eigenvalue weighted by Crippen LogP contribution is 2.25. The summed E-state index contributed by atoms with van der Waals surface area (Å²) in [5.41, 5.74) is 1.16. The smallest absolute Gasteiger partial charge is 0.387 e. The van der Waals surface area contributed by atoms with Gasteiger partial charge in [0.2, 0.25) is 0 Å². The van der Waals surface area contributed by atoms with Gasteiger partial charge in [-0.15, -0.1) is 0 Å². The van der Waals surface area contributed by atoms with Crippen LogP contribution in [0.15, 0.2) is 24.3 Å². The van der Waals surface area contributed by atoms with Gasteiger partial charge in [0.25, 0.3) is 0 Å². The predicted molar refractivity (Wildman–Crippen MR) is 80.8 cm³/mol. The highest BCUT2D eigenvalue weighted by molar-refractivity contribution is 5.27. The minimum absolute atomic E-state index is 0.222. The molecule has 3 unspecified atom stereocenters. The zero-order chi connectivity index (χ0) is 15.2. The van der Waals surface area contributed by atoms with E-state index in [4.69, 9.17) is 0 Å². The molecule has 1 fully saturated rings. The van der Waals surface area contributed by atoms with Crippen LogP contribution in [0.2, 0.25) is 0 Å². The van der Waals surface area contributed by atoms with Crippen molar-refractivity contribution in [3.05, 3.63) is 29.8 Å². The first-order chi connectivity index (χ1) is 10.0. The molecule has 4 heteroatoms. The summed E-state index contributed by atoms with van der Waals surface area (Å²) in [4.78, 5) is 0.